The van der Waals surface area contributed by atoms with Gasteiger partial charge in [-0.2, -0.15) is 10.1 Å². The largest absolute Gasteiger partial charge is 0.378 e. The number of nitrogens with two attached hydrogens (primary N) is 1. The molecule has 3 N–H and O–H groups in total. The first-order valence-electron chi connectivity index (χ1n) is 9.31. The Hall–Kier alpha value is -3.24. The van der Waals surface area contributed by atoms with Crippen LogP contribution in [0, 0.1) is 22.0 Å². The lowest BCUT2D eigenvalue weighted by molar-refractivity contribution is -0.384. The minimum absolute atomic E-state index is 0.0556. The summed E-state index contributed by atoms with van der Waals surface area (Å²) in [5, 5.41) is 18.5. The van der Waals surface area contributed by atoms with Crippen LogP contribution < -0.4 is 16.0 Å². The van der Waals surface area contributed by atoms with Gasteiger partial charge in [0.05, 0.1) is 10.6 Å². The van der Waals surface area contributed by atoms with Gasteiger partial charge in [-0.15, -0.1) is 0 Å². The van der Waals surface area contributed by atoms with Crippen molar-refractivity contribution >= 4 is 23.4 Å². The molecule has 1 aliphatic heterocycles. The molecule has 28 heavy (non-hydrogen) atoms. The molecule has 0 bridgehead atoms. The number of piperidine rings is 1. The number of amides is 1. The Morgan fingerprint density at radius 3 is 2.79 bits per heavy atom. The summed E-state index contributed by atoms with van der Waals surface area (Å²) in [5.74, 6) is 0.853. The fourth-order valence-electron chi connectivity index (χ4n) is 4.60. The molecular weight excluding hydrogens is 364 g/mol. The molecule has 1 saturated carbocycles. The molecule has 11 nitrogen and oxygen atoms in total. The number of nitro groups is 1. The number of nitrogen functional groups attached to an aromatic ring is 1. The maximum absolute atomic E-state index is 12.8. The molecule has 3 aliphatic rings. The van der Waals surface area contributed by atoms with Crippen LogP contribution >= 0.6 is 0 Å². The summed E-state index contributed by atoms with van der Waals surface area (Å²) in [7, 11) is 1.82. The van der Waals surface area contributed by atoms with Gasteiger partial charge in [-0.3, -0.25) is 19.6 Å². The lowest BCUT2D eigenvalue weighted by Crippen LogP contribution is -2.36. The highest BCUT2D eigenvalue weighted by atomic mass is 16.6. The number of fused-ring (bicyclic) bond motifs is 2. The number of hydrogen-bond donors (Lipinski definition) is 2. The first-order valence-corrected chi connectivity index (χ1v) is 9.31. The quantitative estimate of drug-likeness (QED) is 0.556. The van der Waals surface area contributed by atoms with Crippen molar-refractivity contribution in [3.05, 3.63) is 33.3 Å². The van der Waals surface area contributed by atoms with Gasteiger partial charge in [0.25, 0.3) is 5.91 Å². The molecule has 1 saturated heterocycles. The number of carbonyl (C=O) groups excluding carboxylic acids is 1. The normalized spacial score (nSPS) is 24.8. The van der Waals surface area contributed by atoms with E-state index in [0.29, 0.717) is 36.6 Å². The third-order valence-corrected chi connectivity index (χ3v) is 6.04. The van der Waals surface area contributed by atoms with E-state index in [1.807, 2.05) is 11.9 Å². The van der Waals surface area contributed by atoms with Gasteiger partial charge in [0.2, 0.25) is 11.8 Å². The van der Waals surface area contributed by atoms with Crippen LogP contribution in [0.25, 0.3) is 0 Å². The molecule has 2 aromatic rings. The van der Waals surface area contributed by atoms with Crippen molar-refractivity contribution in [2.45, 2.75) is 25.3 Å². The van der Waals surface area contributed by atoms with Crippen LogP contribution in [0.1, 0.15) is 28.2 Å². The number of anilines is 2. The molecule has 0 spiro atoms. The SMILES string of the molecule is Cn1nc2c(c1C(=O)NC1[C@H]3CN(c4ncc([N+](=O)[O-])c(N)n4)C[C@@H]13)CCC2. The van der Waals surface area contributed by atoms with Gasteiger partial charge in [0, 0.05) is 43.6 Å². The van der Waals surface area contributed by atoms with Crippen molar-refractivity contribution in [2.75, 3.05) is 23.7 Å². The average molecular weight is 384 g/mol. The van der Waals surface area contributed by atoms with Gasteiger partial charge in [0.1, 0.15) is 11.9 Å². The number of nitrogens with one attached hydrogen (secondary N) is 1. The van der Waals surface area contributed by atoms with Crippen molar-refractivity contribution in [1.29, 1.82) is 0 Å². The molecule has 1 unspecified atom stereocenters. The fraction of sp³-hybridized carbons (Fsp3) is 0.529. The Kier molecular flexibility index (Phi) is 3.55. The molecular formula is C17H20N8O3. The summed E-state index contributed by atoms with van der Waals surface area (Å²) in [4.78, 5) is 33.1. The van der Waals surface area contributed by atoms with Gasteiger partial charge >= 0.3 is 5.69 Å². The zero-order chi connectivity index (χ0) is 19.6. The van der Waals surface area contributed by atoms with Crippen LogP contribution in [-0.2, 0) is 19.9 Å². The fourth-order valence-corrected chi connectivity index (χ4v) is 4.60. The Balaban J connectivity index is 1.23. The molecule has 1 amide bonds. The van der Waals surface area contributed by atoms with Crippen molar-refractivity contribution in [1.82, 2.24) is 25.1 Å². The molecule has 3 atom stereocenters. The van der Waals surface area contributed by atoms with Crippen LogP contribution in [0.3, 0.4) is 0 Å². The topological polar surface area (TPSA) is 145 Å². The Morgan fingerprint density at radius 1 is 1.36 bits per heavy atom. The molecule has 0 aromatic carbocycles. The molecule has 0 radical (unpaired) electrons. The first kappa shape index (κ1) is 16.9. The summed E-state index contributed by atoms with van der Waals surface area (Å²) in [6.07, 6.45) is 4.05. The Morgan fingerprint density at radius 2 is 2.11 bits per heavy atom. The lowest BCUT2D eigenvalue weighted by Gasteiger charge is -2.20. The van der Waals surface area contributed by atoms with E-state index in [1.54, 1.807) is 4.68 Å². The summed E-state index contributed by atoms with van der Waals surface area (Å²) >= 11 is 0. The van der Waals surface area contributed by atoms with E-state index in [0.717, 1.165) is 36.7 Å². The smallest absolute Gasteiger partial charge is 0.329 e. The van der Waals surface area contributed by atoms with Gasteiger partial charge in [-0.25, -0.2) is 4.98 Å². The zero-order valence-corrected chi connectivity index (χ0v) is 15.3. The van der Waals surface area contributed by atoms with E-state index in [1.165, 1.54) is 0 Å². The van der Waals surface area contributed by atoms with Crippen LogP contribution in [0.4, 0.5) is 17.5 Å². The minimum Gasteiger partial charge on any atom is -0.378 e. The molecule has 3 heterocycles. The van der Waals surface area contributed by atoms with Crippen molar-refractivity contribution in [2.24, 2.45) is 18.9 Å². The number of aromatic nitrogens is 4. The molecule has 146 valence electrons. The standard InChI is InChI=1S/C17H20N8O3/c1-23-14(8-3-2-4-11(8)22-23)16(26)20-13-9-6-24(7-10(9)13)17-19-5-12(25(27)28)15(18)21-17/h5,9-10,13H,2-4,6-7H2,1H3,(H,20,26)(H2,18,19,21)/t9-,10+,13?. The maximum atomic E-state index is 12.8. The van der Waals surface area contributed by atoms with Crippen LogP contribution in [0.2, 0.25) is 0 Å². The molecule has 2 fully saturated rings. The van der Waals surface area contributed by atoms with Crippen molar-refractivity contribution < 1.29 is 9.72 Å². The van der Waals surface area contributed by atoms with E-state index >= 15 is 0 Å². The predicted molar refractivity (Wildman–Crippen MR) is 98.8 cm³/mol. The van der Waals surface area contributed by atoms with Crippen molar-refractivity contribution in [3.8, 4) is 0 Å². The highest BCUT2D eigenvalue weighted by Crippen LogP contribution is 2.46. The Labute approximate surface area is 160 Å². The number of rotatable bonds is 4. The molecule has 11 heteroatoms. The summed E-state index contributed by atoms with van der Waals surface area (Å²) in [5.41, 5.74) is 8.18. The van der Waals surface area contributed by atoms with E-state index in [2.05, 4.69) is 20.4 Å². The van der Waals surface area contributed by atoms with Crippen molar-refractivity contribution in [3.63, 3.8) is 0 Å². The maximum Gasteiger partial charge on any atom is 0.329 e. The minimum atomic E-state index is -0.596. The monoisotopic (exact) mass is 384 g/mol. The highest BCUT2D eigenvalue weighted by molar-refractivity contribution is 5.95. The third-order valence-electron chi connectivity index (χ3n) is 6.04. The summed E-state index contributed by atoms with van der Waals surface area (Å²) in [6.45, 7) is 1.38. The second-order valence-electron chi connectivity index (χ2n) is 7.68. The summed E-state index contributed by atoms with van der Waals surface area (Å²) < 4.78 is 1.69. The Bertz CT molecular complexity index is 991. The van der Waals surface area contributed by atoms with Crippen LogP contribution in [-0.4, -0.2) is 49.7 Å². The van der Waals surface area contributed by atoms with Gasteiger partial charge in [0.15, 0.2) is 0 Å². The van der Waals surface area contributed by atoms with E-state index in [4.69, 9.17) is 5.73 Å². The van der Waals surface area contributed by atoms with Crippen LogP contribution in [0.5, 0.6) is 0 Å². The summed E-state index contributed by atoms with van der Waals surface area (Å²) in [6, 6.07) is 0.131. The third kappa shape index (κ3) is 2.49. The van der Waals surface area contributed by atoms with Gasteiger partial charge in [-0.05, 0) is 19.3 Å². The number of aryl methyl sites for hydroxylation is 2. The molecule has 2 aliphatic carbocycles. The number of nitrogens with zero attached hydrogens (tertiary/aromatic N) is 6. The van der Waals surface area contributed by atoms with E-state index < -0.39 is 4.92 Å². The average Bonchev–Trinajstić information content (AvgIpc) is 3.06. The second-order valence-corrected chi connectivity index (χ2v) is 7.68. The number of carbonyl (C=O) groups is 1. The second kappa shape index (κ2) is 5.88. The van der Waals surface area contributed by atoms with Gasteiger partial charge in [-0.1, -0.05) is 0 Å². The number of hydrogen-bond acceptors (Lipinski definition) is 8. The molecule has 5 rings (SSSR count). The van der Waals surface area contributed by atoms with E-state index in [9.17, 15) is 14.9 Å². The zero-order valence-electron chi connectivity index (χ0n) is 15.3. The highest BCUT2D eigenvalue weighted by Gasteiger charge is 2.57. The lowest BCUT2D eigenvalue weighted by atomic mass is 10.2. The van der Waals surface area contributed by atoms with E-state index in [-0.39, 0.29) is 23.5 Å². The van der Waals surface area contributed by atoms with Crippen LogP contribution in [0.15, 0.2) is 6.20 Å². The molecule has 2 aromatic heterocycles. The van der Waals surface area contributed by atoms with Gasteiger partial charge < -0.3 is 16.0 Å². The predicted octanol–water partition coefficient (Wildman–Crippen LogP) is 0.0538. The first-order chi connectivity index (χ1) is 13.4.